The third-order valence-electron chi connectivity index (χ3n) is 3.54. The van der Waals surface area contributed by atoms with Gasteiger partial charge in [0.25, 0.3) is 0 Å². The summed E-state index contributed by atoms with van der Waals surface area (Å²) in [4.78, 5) is 0. The second kappa shape index (κ2) is 3.97. The first kappa shape index (κ1) is 10.7. The van der Waals surface area contributed by atoms with Crippen LogP contribution in [0.25, 0.3) is 0 Å². The van der Waals surface area contributed by atoms with Gasteiger partial charge in [-0.2, -0.15) is 0 Å². The monoisotopic (exact) mass is 203 g/mol. The summed E-state index contributed by atoms with van der Waals surface area (Å²) in [5, 5.41) is 3.45. The van der Waals surface area contributed by atoms with Crippen LogP contribution in [0.1, 0.15) is 43.7 Å². The number of rotatable bonds is 4. The maximum atomic E-state index is 3.45. The van der Waals surface area contributed by atoms with Crippen molar-refractivity contribution in [3.63, 3.8) is 0 Å². The highest BCUT2D eigenvalue weighted by atomic mass is 15.0. The molecular weight excluding hydrogens is 182 g/mol. The van der Waals surface area contributed by atoms with Crippen molar-refractivity contribution >= 4 is 0 Å². The summed E-state index contributed by atoms with van der Waals surface area (Å²) in [6, 6.07) is 9.04. The van der Waals surface area contributed by atoms with Gasteiger partial charge in [0.2, 0.25) is 0 Å². The summed E-state index contributed by atoms with van der Waals surface area (Å²) in [5.41, 5.74) is 3.36. The SMILES string of the molecule is CNC1(Cc2cccc(C(C)C)c2)CC1. The van der Waals surface area contributed by atoms with E-state index in [9.17, 15) is 0 Å². The van der Waals surface area contributed by atoms with Gasteiger partial charge in [0.15, 0.2) is 0 Å². The molecule has 0 amide bonds. The number of benzene rings is 1. The average Bonchev–Trinajstić information content (AvgIpc) is 2.99. The standard InChI is InChI=1S/C14H21N/c1-11(2)13-6-4-5-12(9-13)10-14(15-3)7-8-14/h4-6,9,11,15H,7-8,10H2,1-3H3. The predicted octanol–water partition coefficient (Wildman–Crippen LogP) is 3.10. The minimum atomic E-state index is 0.426. The smallest absolute Gasteiger partial charge is 0.0220 e. The molecule has 1 heteroatoms. The van der Waals surface area contributed by atoms with E-state index in [-0.39, 0.29) is 0 Å². The Morgan fingerprint density at radius 3 is 2.60 bits per heavy atom. The fourth-order valence-electron chi connectivity index (χ4n) is 2.12. The molecular formula is C14H21N. The molecule has 0 spiro atoms. The average molecular weight is 203 g/mol. The van der Waals surface area contributed by atoms with E-state index in [4.69, 9.17) is 0 Å². The second-order valence-electron chi connectivity index (χ2n) is 5.11. The number of nitrogens with one attached hydrogen (secondary N) is 1. The van der Waals surface area contributed by atoms with Gasteiger partial charge in [-0.1, -0.05) is 38.1 Å². The first-order valence-electron chi connectivity index (χ1n) is 5.93. The van der Waals surface area contributed by atoms with Crippen molar-refractivity contribution in [2.45, 2.75) is 44.6 Å². The first-order valence-corrected chi connectivity index (χ1v) is 5.93. The van der Waals surface area contributed by atoms with E-state index >= 15 is 0 Å². The van der Waals surface area contributed by atoms with Gasteiger partial charge < -0.3 is 5.32 Å². The van der Waals surface area contributed by atoms with E-state index < -0.39 is 0 Å². The molecule has 1 fully saturated rings. The molecule has 82 valence electrons. The molecule has 0 unspecified atom stereocenters. The van der Waals surface area contributed by atoms with Crippen molar-refractivity contribution in [2.24, 2.45) is 0 Å². The molecule has 1 aromatic carbocycles. The molecule has 0 atom stereocenters. The Morgan fingerprint density at radius 2 is 2.07 bits per heavy atom. The highest BCUT2D eigenvalue weighted by Crippen LogP contribution is 2.38. The van der Waals surface area contributed by atoms with Gasteiger partial charge >= 0.3 is 0 Å². The zero-order chi connectivity index (χ0) is 10.9. The number of hydrogen-bond donors (Lipinski definition) is 1. The minimum Gasteiger partial charge on any atom is -0.314 e. The minimum absolute atomic E-state index is 0.426. The predicted molar refractivity (Wildman–Crippen MR) is 65.3 cm³/mol. The molecule has 0 aromatic heterocycles. The van der Waals surface area contributed by atoms with Gasteiger partial charge in [0.05, 0.1) is 0 Å². The van der Waals surface area contributed by atoms with Gasteiger partial charge in [-0.3, -0.25) is 0 Å². The van der Waals surface area contributed by atoms with Crippen molar-refractivity contribution in [3.05, 3.63) is 35.4 Å². The van der Waals surface area contributed by atoms with E-state index in [1.54, 1.807) is 0 Å². The zero-order valence-electron chi connectivity index (χ0n) is 10.0. The van der Waals surface area contributed by atoms with Gasteiger partial charge in [-0.05, 0) is 43.4 Å². The molecule has 15 heavy (non-hydrogen) atoms. The lowest BCUT2D eigenvalue weighted by molar-refractivity contribution is 0.548. The maximum absolute atomic E-state index is 3.45. The van der Waals surface area contributed by atoms with Crippen molar-refractivity contribution < 1.29 is 0 Å². The van der Waals surface area contributed by atoms with Gasteiger partial charge in [0, 0.05) is 5.54 Å². The summed E-state index contributed by atoms with van der Waals surface area (Å²) >= 11 is 0. The molecule has 2 rings (SSSR count). The van der Waals surface area contributed by atoms with Crippen LogP contribution in [0.5, 0.6) is 0 Å². The van der Waals surface area contributed by atoms with Crippen molar-refractivity contribution in [2.75, 3.05) is 7.05 Å². The summed E-state index contributed by atoms with van der Waals surface area (Å²) in [6.45, 7) is 4.51. The molecule has 0 saturated heterocycles. The van der Waals surface area contributed by atoms with Crippen LogP contribution in [0.4, 0.5) is 0 Å². The van der Waals surface area contributed by atoms with Crippen LogP contribution in [0.2, 0.25) is 0 Å². The maximum Gasteiger partial charge on any atom is 0.0220 e. The van der Waals surface area contributed by atoms with Crippen molar-refractivity contribution in [3.8, 4) is 0 Å². The Kier molecular flexibility index (Phi) is 2.83. The van der Waals surface area contributed by atoms with Crippen LogP contribution >= 0.6 is 0 Å². The Hall–Kier alpha value is -0.820. The second-order valence-corrected chi connectivity index (χ2v) is 5.11. The van der Waals surface area contributed by atoms with Gasteiger partial charge in [-0.25, -0.2) is 0 Å². The van der Waals surface area contributed by atoms with Gasteiger partial charge in [0.1, 0.15) is 0 Å². The summed E-state index contributed by atoms with van der Waals surface area (Å²) in [6.07, 6.45) is 3.84. The summed E-state index contributed by atoms with van der Waals surface area (Å²) in [7, 11) is 2.08. The molecule has 0 heterocycles. The molecule has 0 bridgehead atoms. The molecule has 0 radical (unpaired) electrons. The van der Waals surface area contributed by atoms with Crippen LogP contribution in [0, 0.1) is 0 Å². The molecule has 1 aliphatic rings. The largest absolute Gasteiger partial charge is 0.314 e. The van der Waals surface area contributed by atoms with Crippen LogP contribution < -0.4 is 5.32 Å². The molecule has 1 N–H and O–H groups in total. The third kappa shape index (κ3) is 2.40. The summed E-state index contributed by atoms with van der Waals surface area (Å²) in [5.74, 6) is 0.634. The number of hydrogen-bond acceptors (Lipinski definition) is 1. The van der Waals surface area contributed by atoms with Crippen molar-refractivity contribution in [1.82, 2.24) is 5.32 Å². The Morgan fingerprint density at radius 1 is 1.33 bits per heavy atom. The quantitative estimate of drug-likeness (QED) is 0.793. The highest BCUT2D eigenvalue weighted by Gasteiger charge is 2.40. The summed E-state index contributed by atoms with van der Waals surface area (Å²) < 4.78 is 0. The Labute approximate surface area is 92.9 Å². The Bertz CT molecular complexity index is 337. The fourth-order valence-corrected chi connectivity index (χ4v) is 2.12. The third-order valence-corrected chi connectivity index (χ3v) is 3.54. The lowest BCUT2D eigenvalue weighted by Gasteiger charge is -2.15. The lowest BCUT2D eigenvalue weighted by atomic mass is 9.97. The van der Waals surface area contributed by atoms with Crippen molar-refractivity contribution in [1.29, 1.82) is 0 Å². The topological polar surface area (TPSA) is 12.0 Å². The van der Waals surface area contributed by atoms with E-state index in [0.29, 0.717) is 11.5 Å². The van der Waals surface area contributed by atoms with E-state index in [2.05, 4.69) is 50.5 Å². The molecule has 1 saturated carbocycles. The van der Waals surface area contributed by atoms with Crippen LogP contribution in [-0.4, -0.2) is 12.6 Å². The zero-order valence-corrected chi connectivity index (χ0v) is 10.0. The van der Waals surface area contributed by atoms with E-state index in [1.807, 2.05) is 0 Å². The normalized spacial score (nSPS) is 18.1. The number of likely N-dealkylation sites (N-methyl/N-ethyl adjacent to an activating group) is 1. The molecule has 0 aliphatic heterocycles. The van der Waals surface area contributed by atoms with Crippen LogP contribution in [0.3, 0.4) is 0 Å². The molecule has 1 aliphatic carbocycles. The van der Waals surface area contributed by atoms with Gasteiger partial charge in [-0.15, -0.1) is 0 Å². The van der Waals surface area contributed by atoms with E-state index in [0.717, 1.165) is 0 Å². The highest BCUT2D eigenvalue weighted by molar-refractivity contribution is 5.28. The Balaban J connectivity index is 2.11. The molecule has 1 nitrogen and oxygen atoms in total. The van der Waals surface area contributed by atoms with Crippen LogP contribution in [0.15, 0.2) is 24.3 Å². The fraction of sp³-hybridized carbons (Fsp3) is 0.571. The van der Waals surface area contributed by atoms with E-state index in [1.165, 1.54) is 30.4 Å². The first-order chi connectivity index (χ1) is 7.15. The van der Waals surface area contributed by atoms with Crippen LogP contribution in [-0.2, 0) is 6.42 Å². The lowest BCUT2D eigenvalue weighted by Crippen LogP contribution is -2.29. The molecule has 1 aromatic rings.